The first kappa shape index (κ1) is 15.3. The van der Waals surface area contributed by atoms with Gasteiger partial charge in [0.15, 0.2) is 0 Å². The number of hydrogen-bond donors (Lipinski definition) is 1. The number of halogens is 1. The molecule has 0 aromatic heterocycles. The molecule has 4 heteroatoms. The lowest BCUT2D eigenvalue weighted by atomic mass is 9.81. The van der Waals surface area contributed by atoms with Gasteiger partial charge in [-0.15, -0.1) is 12.4 Å². The molecule has 1 spiro atoms. The SMILES string of the molecule is Cl.NCCCC(=O)N1CC2(CCCC2)c2ccccc21. The quantitative estimate of drug-likeness (QED) is 0.931. The van der Waals surface area contributed by atoms with E-state index in [1.54, 1.807) is 0 Å². The van der Waals surface area contributed by atoms with Crippen molar-refractivity contribution < 1.29 is 4.79 Å². The average Bonchev–Trinajstić information content (AvgIpc) is 3.04. The van der Waals surface area contributed by atoms with Crippen LogP contribution in [0.1, 0.15) is 44.1 Å². The molecule has 1 saturated carbocycles. The first-order valence-electron chi connectivity index (χ1n) is 7.37. The second-order valence-corrected chi connectivity index (χ2v) is 5.88. The molecule has 0 bridgehead atoms. The van der Waals surface area contributed by atoms with Crippen molar-refractivity contribution >= 4 is 24.0 Å². The number of rotatable bonds is 3. The normalized spacial score (nSPS) is 18.9. The number of benzene rings is 1. The molecule has 3 nitrogen and oxygen atoms in total. The Hall–Kier alpha value is -1.06. The lowest BCUT2D eigenvalue weighted by Crippen LogP contribution is -2.35. The van der Waals surface area contributed by atoms with Crippen LogP contribution in [0.25, 0.3) is 0 Å². The summed E-state index contributed by atoms with van der Waals surface area (Å²) < 4.78 is 0. The predicted octanol–water partition coefficient (Wildman–Crippen LogP) is 3.01. The fourth-order valence-electron chi connectivity index (χ4n) is 3.72. The summed E-state index contributed by atoms with van der Waals surface area (Å²) in [6.45, 7) is 1.47. The number of hydrogen-bond acceptors (Lipinski definition) is 2. The van der Waals surface area contributed by atoms with Crippen LogP contribution in [-0.4, -0.2) is 19.0 Å². The van der Waals surface area contributed by atoms with Crippen LogP contribution in [0.2, 0.25) is 0 Å². The van der Waals surface area contributed by atoms with Crippen LogP contribution in [0.15, 0.2) is 24.3 Å². The third kappa shape index (κ3) is 2.45. The highest BCUT2D eigenvalue weighted by Gasteiger charge is 2.45. The van der Waals surface area contributed by atoms with Crippen molar-refractivity contribution in [3.63, 3.8) is 0 Å². The molecule has 3 rings (SSSR count). The molecular weight excluding hydrogens is 272 g/mol. The number of fused-ring (bicyclic) bond motifs is 2. The van der Waals surface area contributed by atoms with E-state index in [9.17, 15) is 4.79 Å². The van der Waals surface area contributed by atoms with Crippen molar-refractivity contribution in [2.45, 2.75) is 43.9 Å². The maximum atomic E-state index is 12.4. The van der Waals surface area contributed by atoms with Crippen molar-refractivity contribution in [1.29, 1.82) is 0 Å². The Bertz CT molecular complexity index is 483. The summed E-state index contributed by atoms with van der Waals surface area (Å²) in [6.07, 6.45) is 6.39. The zero-order valence-corrected chi connectivity index (χ0v) is 12.6. The summed E-state index contributed by atoms with van der Waals surface area (Å²) in [5.41, 5.74) is 8.30. The fraction of sp³-hybridized carbons (Fsp3) is 0.562. The van der Waals surface area contributed by atoms with E-state index in [1.807, 2.05) is 11.0 Å². The van der Waals surface area contributed by atoms with E-state index in [0.717, 1.165) is 18.7 Å². The maximum Gasteiger partial charge on any atom is 0.227 e. The van der Waals surface area contributed by atoms with Crippen LogP contribution in [-0.2, 0) is 10.2 Å². The molecule has 0 atom stereocenters. The van der Waals surface area contributed by atoms with Gasteiger partial charge >= 0.3 is 0 Å². The molecule has 1 aromatic carbocycles. The van der Waals surface area contributed by atoms with Gasteiger partial charge in [0, 0.05) is 24.1 Å². The number of anilines is 1. The van der Waals surface area contributed by atoms with Gasteiger partial charge in [-0.3, -0.25) is 4.79 Å². The molecule has 0 saturated heterocycles. The van der Waals surface area contributed by atoms with Gasteiger partial charge in [-0.05, 0) is 37.4 Å². The summed E-state index contributed by atoms with van der Waals surface area (Å²) in [5.74, 6) is 0.238. The molecule has 1 aliphatic carbocycles. The minimum atomic E-state index is 0. The average molecular weight is 295 g/mol. The van der Waals surface area contributed by atoms with Crippen LogP contribution in [0.3, 0.4) is 0 Å². The topological polar surface area (TPSA) is 46.3 Å². The Morgan fingerprint density at radius 2 is 1.95 bits per heavy atom. The van der Waals surface area contributed by atoms with E-state index < -0.39 is 0 Å². The maximum absolute atomic E-state index is 12.4. The highest BCUT2D eigenvalue weighted by Crippen LogP contribution is 2.50. The molecule has 0 unspecified atom stereocenters. The molecule has 1 aliphatic heterocycles. The lowest BCUT2D eigenvalue weighted by molar-refractivity contribution is -0.118. The number of amides is 1. The van der Waals surface area contributed by atoms with Gasteiger partial charge in [0.05, 0.1) is 0 Å². The van der Waals surface area contributed by atoms with Crippen molar-refractivity contribution in [2.75, 3.05) is 18.0 Å². The number of nitrogens with zero attached hydrogens (tertiary/aromatic N) is 1. The van der Waals surface area contributed by atoms with Gasteiger partial charge in [-0.2, -0.15) is 0 Å². The number of para-hydroxylation sites is 1. The highest BCUT2D eigenvalue weighted by atomic mass is 35.5. The zero-order valence-electron chi connectivity index (χ0n) is 11.8. The van der Waals surface area contributed by atoms with Crippen LogP contribution in [0.5, 0.6) is 0 Å². The highest BCUT2D eigenvalue weighted by molar-refractivity contribution is 5.96. The first-order valence-corrected chi connectivity index (χ1v) is 7.37. The van der Waals surface area contributed by atoms with E-state index in [0.29, 0.717) is 13.0 Å². The van der Waals surface area contributed by atoms with Gasteiger partial charge in [-0.1, -0.05) is 31.0 Å². The third-order valence-electron chi connectivity index (χ3n) is 4.68. The Balaban J connectivity index is 0.00000147. The van der Waals surface area contributed by atoms with Crippen LogP contribution in [0, 0.1) is 0 Å². The molecule has 1 heterocycles. The number of nitrogens with two attached hydrogens (primary N) is 1. The molecule has 20 heavy (non-hydrogen) atoms. The molecule has 1 amide bonds. The molecular formula is C16H23ClN2O. The van der Waals surface area contributed by atoms with E-state index in [2.05, 4.69) is 18.2 Å². The van der Waals surface area contributed by atoms with Crippen molar-refractivity contribution in [1.82, 2.24) is 0 Å². The predicted molar refractivity (Wildman–Crippen MR) is 84.5 cm³/mol. The number of carbonyl (C=O) groups excluding carboxylic acids is 1. The van der Waals surface area contributed by atoms with Crippen molar-refractivity contribution in [3.8, 4) is 0 Å². The van der Waals surface area contributed by atoms with E-state index in [-0.39, 0.29) is 23.7 Å². The van der Waals surface area contributed by atoms with E-state index in [4.69, 9.17) is 5.73 Å². The smallest absolute Gasteiger partial charge is 0.227 e. The van der Waals surface area contributed by atoms with Crippen LogP contribution < -0.4 is 10.6 Å². The fourth-order valence-corrected chi connectivity index (χ4v) is 3.72. The molecule has 110 valence electrons. The van der Waals surface area contributed by atoms with Gasteiger partial charge in [0.25, 0.3) is 0 Å². The van der Waals surface area contributed by atoms with E-state index in [1.165, 1.54) is 31.2 Å². The second-order valence-electron chi connectivity index (χ2n) is 5.88. The zero-order chi connectivity index (χ0) is 13.3. The second kappa shape index (κ2) is 6.15. The van der Waals surface area contributed by atoms with Gasteiger partial charge in [0.2, 0.25) is 5.91 Å². The lowest BCUT2D eigenvalue weighted by Gasteiger charge is -2.24. The largest absolute Gasteiger partial charge is 0.330 e. The minimum Gasteiger partial charge on any atom is -0.330 e. The first-order chi connectivity index (χ1) is 9.27. The van der Waals surface area contributed by atoms with Crippen molar-refractivity contribution in [3.05, 3.63) is 29.8 Å². The molecule has 2 aliphatic rings. The Kier molecular flexibility index (Phi) is 4.71. The molecule has 2 N–H and O–H groups in total. The minimum absolute atomic E-state index is 0. The summed E-state index contributed by atoms with van der Waals surface area (Å²) in [7, 11) is 0. The number of carbonyl (C=O) groups is 1. The Morgan fingerprint density at radius 3 is 2.65 bits per heavy atom. The van der Waals surface area contributed by atoms with Gasteiger partial charge in [0.1, 0.15) is 0 Å². The summed E-state index contributed by atoms with van der Waals surface area (Å²) in [6, 6.07) is 8.46. The summed E-state index contributed by atoms with van der Waals surface area (Å²) in [5, 5.41) is 0. The van der Waals surface area contributed by atoms with Crippen molar-refractivity contribution in [2.24, 2.45) is 5.73 Å². The van der Waals surface area contributed by atoms with Crippen LogP contribution >= 0.6 is 12.4 Å². The molecule has 1 fully saturated rings. The third-order valence-corrected chi connectivity index (χ3v) is 4.68. The van der Waals surface area contributed by atoms with E-state index >= 15 is 0 Å². The summed E-state index contributed by atoms with van der Waals surface area (Å²) in [4.78, 5) is 14.4. The van der Waals surface area contributed by atoms with Crippen LogP contribution in [0.4, 0.5) is 5.69 Å². The standard InChI is InChI=1S/C16H22N2O.ClH/c17-11-5-8-15(19)18-12-16(9-3-4-10-16)13-6-1-2-7-14(13)18;/h1-2,6-7H,3-5,8-12,17H2;1H. The van der Waals surface area contributed by atoms with Gasteiger partial charge in [-0.25, -0.2) is 0 Å². The van der Waals surface area contributed by atoms with Gasteiger partial charge < -0.3 is 10.6 Å². The molecule has 1 aromatic rings. The Morgan fingerprint density at radius 1 is 1.25 bits per heavy atom. The Labute approximate surface area is 126 Å². The monoisotopic (exact) mass is 294 g/mol. The summed E-state index contributed by atoms with van der Waals surface area (Å²) >= 11 is 0. The molecule has 0 radical (unpaired) electrons.